The molecule has 3 aliphatic heterocycles. The second-order valence-electron chi connectivity index (χ2n) is 11.2. The topological polar surface area (TPSA) is 99.9 Å². The van der Waals surface area contributed by atoms with Gasteiger partial charge in [0.05, 0.1) is 52.5 Å². The van der Waals surface area contributed by atoms with Crippen LogP contribution in [0, 0.1) is 23.2 Å². The van der Waals surface area contributed by atoms with Crippen LogP contribution in [0.15, 0.2) is 54.6 Å². The predicted octanol–water partition coefficient (Wildman–Crippen LogP) is 5.62. The molecule has 1 N–H and O–H groups in total. The first-order valence-electron chi connectivity index (χ1n) is 13.2. The number of halogens is 6. The number of aliphatic hydroxyl groups is 1. The van der Waals surface area contributed by atoms with Crippen molar-refractivity contribution in [2.24, 2.45) is 11.8 Å². The number of amides is 2. The zero-order valence-electron chi connectivity index (χ0n) is 22.3. The molecule has 6 rings (SSSR count). The van der Waals surface area contributed by atoms with Crippen LogP contribution in [0.3, 0.4) is 0 Å². The number of rotatable bonds is 5. The molecule has 3 aromatic carbocycles. The van der Waals surface area contributed by atoms with Crippen LogP contribution in [0.1, 0.15) is 36.5 Å². The maximum Gasteiger partial charge on any atom is 0.416 e. The van der Waals surface area contributed by atoms with Gasteiger partial charge in [-0.3, -0.25) is 9.59 Å². The lowest BCUT2D eigenvalue weighted by Crippen LogP contribution is -2.49. The molecule has 0 saturated carbocycles. The first-order chi connectivity index (χ1) is 20.1. The molecule has 7 nitrogen and oxygen atoms in total. The minimum Gasteiger partial charge on any atom is -0.493 e. The highest BCUT2D eigenvalue weighted by Crippen LogP contribution is 2.62. The van der Waals surface area contributed by atoms with Crippen LogP contribution in [0.4, 0.5) is 32.0 Å². The third-order valence-corrected chi connectivity index (χ3v) is 8.73. The van der Waals surface area contributed by atoms with Gasteiger partial charge in [-0.05, 0) is 36.6 Å². The van der Waals surface area contributed by atoms with Crippen LogP contribution >= 0.6 is 0 Å². The van der Waals surface area contributed by atoms with E-state index in [1.54, 1.807) is 30.3 Å². The van der Waals surface area contributed by atoms with Crippen molar-refractivity contribution in [1.82, 2.24) is 0 Å². The highest BCUT2D eigenvalue weighted by atomic mass is 19.4. The molecule has 0 aromatic heterocycles. The first kappa shape index (κ1) is 28.9. The first-order valence-corrected chi connectivity index (χ1v) is 13.2. The van der Waals surface area contributed by atoms with E-state index in [9.17, 15) is 46.3 Å². The van der Waals surface area contributed by atoms with E-state index in [4.69, 9.17) is 9.47 Å². The molecular formula is C30H22F6N2O5. The lowest BCUT2D eigenvalue weighted by Gasteiger charge is -2.33. The van der Waals surface area contributed by atoms with Crippen molar-refractivity contribution in [1.29, 1.82) is 5.26 Å². The highest BCUT2D eigenvalue weighted by molar-refractivity contribution is 6.24. The number of benzene rings is 3. The highest BCUT2D eigenvalue weighted by Gasteiger charge is 2.77. The number of imide groups is 1. The molecule has 3 saturated heterocycles. The molecule has 5 atom stereocenters. The largest absolute Gasteiger partial charge is 0.493 e. The van der Waals surface area contributed by atoms with Gasteiger partial charge >= 0.3 is 12.4 Å². The van der Waals surface area contributed by atoms with Crippen LogP contribution < -0.4 is 9.64 Å². The van der Waals surface area contributed by atoms with Gasteiger partial charge in [0.15, 0.2) is 0 Å². The standard InChI is InChI=1S/C30H22F6N2O5/c1-27-22(39)13-28(43-27,8-9-42-18-11-16(29(31,32)33)10-17(12-18)30(34,35)36)24-23(27)25(40)38(26(24)41)21-7-6-15-4-2-3-5-19(15)20(21)14-37/h2-7,10-12,22-24,39H,8-9,13H2,1H3. The van der Waals surface area contributed by atoms with Crippen molar-refractivity contribution in [2.75, 3.05) is 11.5 Å². The predicted molar refractivity (Wildman–Crippen MR) is 138 cm³/mol. The van der Waals surface area contributed by atoms with Gasteiger partial charge in [-0.25, -0.2) is 4.90 Å². The van der Waals surface area contributed by atoms with Gasteiger partial charge < -0.3 is 14.6 Å². The number of anilines is 1. The summed E-state index contributed by atoms with van der Waals surface area (Å²) in [5, 5.41) is 22.1. The SMILES string of the molecule is CC12OC(CCOc3cc(C(F)(F)F)cc(C(F)(F)F)c3)(CC1O)C1C(=O)N(c3ccc4ccccc4c3C#N)C(=O)C12. The zero-order valence-corrected chi connectivity index (χ0v) is 22.3. The van der Waals surface area contributed by atoms with Crippen LogP contribution in [-0.4, -0.2) is 40.8 Å². The van der Waals surface area contributed by atoms with Crippen LogP contribution in [0.5, 0.6) is 5.75 Å². The Balaban J connectivity index is 1.32. The van der Waals surface area contributed by atoms with E-state index in [0.29, 0.717) is 22.9 Å². The van der Waals surface area contributed by atoms with Gasteiger partial charge in [0.25, 0.3) is 0 Å². The van der Waals surface area contributed by atoms with E-state index < -0.39 is 76.8 Å². The summed E-state index contributed by atoms with van der Waals surface area (Å²) < 4.78 is 91.2. The van der Waals surface area contributed by atoms with E-state index in [-0.39, 0.29) is 30.2 Å². The van der Waals surface area contributed by atoms with Crippen molar-refractivity contribution in [3.05, 3.63) is 71.3 Å². The smallest absolute Gasteiger partial charge is 0.416 e. The van der Waals surface area contributed by atoms with E-state index in [1.807, 2.05) is 0 Å². The number of nitriles is 1. The third-order valence-electron chi connectivity index (χ3n) is 8.73. The number of hydrogen-bond acceptors (Lipinski definition) is 6. The molecule has 3 aliphatic rings. The van der Waals surface area contributed by atoms with E-state index in [2.05, 4.69) is 6.07 Å². The second-order valence-corrected chi connectivity index (χ2v) is 11.2. The molecule has 224 valence electrons. The van der Waals surface area contributed by atoms with Gasteiger partial charge in [-0.15, -0.1) is 0 Å². The average molecular weight is 605 g/mol. The summed E-state index contributed by atoms with van der Waals surface area (Å²) in [6, 6.07) is 13.0. The van der Waals surface area contributed by atoms with E-state index in [1.165, 1.54) is 13.0 Å². The van der Waals surface area contributed by atoms with Crippen LogP contribution in [-0.2, 0) is 26.7 Å². The Kier molecular flexibility index (Phi) is 6.34. The monoisotopic (exact) mass is 604 g/mol. The molecule has 0 aliphatic carbocycles. The van der Waals surface area contributed by atoms with Gasteiger partial charge in [0, 0.05) is 18.2 Å². The normalized spacial score (nSPS) is 28.4. The number of carbonyl (C=O) groups excluding carboxylic acids is 2. The van der Waals surface area contributed by atoms with Crippen LogP contribution in [0.25, 0.3) is 10.8 Å². The molecule has 0 radical (unpaired) electrons. The van der Waals surface area contributed by atoms with Gasteiger partial charge in [0.1, 0.15) is 17.4 Å². The molecule has 3 fully saturated rings. The molecule has 3 aromatic rings. The Hall–Kier alpha value is -4.15. The van der Waals surface area contributed by atoms with Gasteiger partial charge in [0.2, 0.25) is 11.8 Å². The second kappa shape index (κ2) is 9.42. The summed E-state index contributed by atoms with van der Waals surface area (Å²) in [6.45, 7) is 0.999. The summed E-state index contributed by atoms with van der Waals surface area (Å²) in [5.74, 6) is -4.34. The maximum absolute atomic E-state index is 13.9. The Morgan fingerprint density at radius 2 is 1.63 bits per heavy atom. The quantitative estimate of drug-likeness (QED) is 0.300. The molecular weight excluding hydrogens is 582 g/mol. The van der Waals surface area contributed by atoms with Crippen molar-refractivity contribution < 1.29 is 50.5 Å². The lowest BCUT2D eigenvalue weighted by molar-refractivity contribution is -0.143. The van der Waals surface area contributed by atoms with Gasteiger partial charge in [-0.2, -0.15) is 31.6 Å². The summed E-state index contributed by atoms with van der Waals surface area (Å²) in [6.07, 6.45) is -11.7. The lowest BCUT2D eigenvalue weighted by atomic mass is 9.66. The molecule has 2 amide bonds. The Morgan fingerprint density at radius 3 is 2.26 bits per heavy atom. The maximum atomic E-state index is 13.9. The Labute approximate surface area is 240 Å². The third kappa shape index (κ3) is 4.34. The Morgan fingerprint density at radius 1 is 1.00 bits per heavy atom. The summed E-state index contributed by atoms with van der Waals surface area (Å²) in [4.78, 5) is 28.6. The average Bonchev–Trinajstić information content (AvgIpc) is 3.47. The number of fused-ring (bicyclic) bond motifs is 6. The van der Waals surface area contributed by atoms with Gasteiger partial charge in [-0.1, -0.05) is 30.3 Å². The summed E-state index contributed by atoms with van der Waals surface area (Å²) >= 11 is 0. The molecule has 2 bridgehead atoms. The molecule has 43 heavy (non-hydrogen) atoms. The zero-order chi connectivity index (χ0) is 31.1. The minimum atomic E-state index is -5.07. The van der Waals surface area contributed by atoms with Crippen molar-refractivity contribution >= 4 is 28.3 Å². The fourth-order valence-electron chi connectivity index (χ4n) is 6.78. The number of alkyl halides is 6. The number of aliphatic hydroxyl groups excluding tert-OH is 1. The molecule has 5 unspecified atom stereocenters. The van der Waals surface area contributed by atoms with E-state index >= 15 is 0 Å². The minimum absolute atomic E-state index is 0.0192. The van der Waals surface area contributed by atoms with Crippen molar-refractivity contribution in [2.45, 2.75) is 49.4 Å². The van der Waals surface area contributed by atoms with E-state index in [0.717, 1.165) is 4.90 Å². The fourth-order valence-corrected chi connectivity index (χ4v) is 6.78. The summed E-state index contributed by atoms with van der Waals surface area (Å²) in [5.41, 5.74) is -5.94. The Bertz CT molecular complexity index is 1680. The fraction of sp³-hybridized carbons (Fsp3) is 0.367. The van der Waals surface area contributed by atoms with Crippen molar-refractivity contribution in [3.63, 3.8) is 0 Å². The summed E-state index contributed by atoms with van der Waals surface area (Å²) in [7, 11) is 0. The number of hydrogen-bond donors (Lipinski definition) is 1. The number of carbonyl (C=O) groups is 2. The van der Waals surface area contributed by atoms with Crippen molar-refractivity contribution in [3.8, 4) is 11.8 Å². The molecule has 13 heteroatoms. The number of nitrogens with zero attached hydrogens (tertiary/aromatic N) is 2. The molecule has 3 heterocycles. The van der Waals surface area contributed by atoms with Crippen LogP contribution in [0.2, 0.25) is 0 Å². The molecule has 0 spiro atoms. The number of ether oxygens (including phenoxy) is 2.